The van der Waals surface area contributed by atoms with Crippen molar-refractivity contribution in [3.63, 3.8) is 0 Å². The van der Waals surface area contributed by atoms with Crippen molar-refractivity contribution >= 4 is 16.7 Å². The monoisotopic (exact) mass is 324 g/mol. The minimum atomic E-state index is 0.814. The van der Waals surface area contributed by atoms with Gasteiger partial charge in [0.15, 0.2) is 11.7 Å². The lowest BCUT2D eigenvalue weighted by atomic mass is 10.2. The second-order valence-corrected chi connectivity index (χ2v) is 6.31. The maximum atomic E-state index is 4.54. The van der Waals surface area contributed by atoms with Crippen LogP contribution in [0.5, 0.6) is 0 Å². The molecule has 5 heterocycles. The van der Waals surface area contributed by atoms with Crippen LogP contribution in [-0.2, 0) is 6.54 Å². The largest absolute Gasteiger partial charge is 0.298 e. The number of hydrogen-bond acceptors (Lipinski definition) is 2. The van der Waals surface area contributed by atoms with Gasteiger partial charge in [-0.1, -0.05) is 18.2 Å². The quantitative estimate of drug-likeness (QED) is 0.436. The Labute approximate surface area is 143 Å². The molecule has 0 fully saturated rings. The third kappa shape index (κ3) is 1.59. The lowest BCUT2D eigenvalue weighted by molar-refractivity contribution is -0.670. The van der Waals surface area contributed by atoms with Crippen LogP contribution in [0, 0.1) is 0 Å². The molecule has 5 heteroatoms. The van der Waals surface area contributed by atoms with Crippen molar-refractivity contribution in [2.24, 2.45) is 0 Å². The summed E-state index contributed by atoms with van der Waals surface area (Å²) in [7, 11) is 0. The first-order chi connectivity index (χ1) is 12.4. The van der Waals surface area contributed by atoms with Gasteiger partial charge in [0.1, 0.15) is 12.1 Å². The third-order valence-corrected chi connectivity index (χ3v) is 4.94. The number of benzene rings is 1. The van der Waals surface area contributed by atoms with E-state index in [-0.39, 0.29) is 0 Å². The van der Waals surface area contributed by atoms with E-state index in [2.05, 4.69) is 66.1 Å². The Hall–Kier alpha value is -3.47. The van der Waals surface area contributed by atoms with Gasteiger partial charge in [0.25, 0.3) is 11.5 Å². The molecule has 0 unspecified atom stereocenters. The van der Waals surface area contributed by atoms with Crippen LogP contribution in [0.25, 0.3) is 33.8 Å². The van der Waals surface area contributed by atoms with Crippen LogP contribution in [0.2, 0.25) is 0 Å². The summed E-state index contributed by atoms with van der Waals surface area (Å²) < 4.78 is 6.87. The lowest BCUT2D eigenvalue weighted by Gasteiger charge is -2.02. The van der Waals surface area contributed by atoms with Gasteiger partial charge in [0.2, 0.25) is 0 Å². The number of rotatable bonds is 1. The van der Waals surface area contributed by atoms with Crippen LogP contribution in [-0.4, -0.2) is 18.9 Å². The molecular weight excluding hydrogens is 310 g/mol. The summed E-state index contributed by atoms with van der Waals surface area (Å²) in [6.07, 6.45) is 7.87. The second kappa shape index (κ2) is 4.54. The zero-order valence-corrected chi connectivity index (χ0v) is 13.4. The zero-order chi connectivity index (χ0) is 16.4. The fraction of sp³-hybridized carbons (Fsp3) is 0.0500. The molecule has 0 saturated carbocycles. The molecule has 4 aromatic heterocycles. The van der Waals surface area contributed by atoms with Gasteiger partial charge in [0, 0.05) is 24.1 Å². The predicted octanol–water partition coefficient (Wildman–Crippen LogP) is 2.99. The molecule has 0 amide bonds. The normalized spacial score (nSPS) is 12.6. The molecule has 5 aromatic rings. The molecular formula is C20H14N5+. The average Bonchev–Trinajstić information content (AvgIpc) is 3.28. The van der Waals surface area contributed by atoms with Crippen LogP contribution in [0.4, 0.5) is 0 Å². The molecule has 1 aliphatic rings. The first-order valence-corrected chi connectivity index (χ1v) is 8.31. The zero-order valence-electron chi connectivity index (χ0n) is 13.4. The SMILES string of the molecule is c1ccc(-n2c3cnccc3n3c4[n+](cc23)Cc2ncccc2-4)cc1. The standard InChI is InChI=1S/C20H14N5/c1-2-5-14(6-3-1)24-18-11-21-10-8-17(18)25-19(24)13-23-12-16-15(20(23)25)7-4-9-22-16/h1-11,13H,12H2/q+1. The van der Waals surface area contributed by atoms with Crippen LogP contribution < -0.4 is 4.57 Å². The minimum absolute atomic E-state index is 0.814. The Morgan fingerprint density at radius 3 is 2.76 bits per heavy atom. The summed E-state index contributed by atoms with van der Waals surface area (Å²) in [6, 6.07) is 16.7. The van der Waals surface area contributed by atoms with Crippen LogP contribution in [0.3, 0.4) is 0 Å². The Kier molecular flexibility index (Phi) is 2.34. The van der Waals surface area contributed by atoms with Gasteiger partial charge in [-0.15, -0.1) is 0 Å². The van der Waals surface area contributed by atoms with E-state index >= 15 is 0 Å². The highest BCUT2D eigenvalue weighted by atomic mass is 15.2. The van der Waals surface area contributed by atoms with Crippen molar-refractivity contribution in [2.75, 3.05) is 0 Å². The van der Waals surface area contributed by atoms with Gasteiger partial charge >= 0.3 is 0 Å². The molecule has 5 nitrogen and oxygen atoms in total. The van der Waals surface area contributed by atoms with Gasteiger partial charge in [-0.05, 0) is 24.3 Å². The molecule has 25 heavy (non-hydrogen) atoms. The number of aromatic nitrogens is 5. The smallest absolute Gasteiger partial charge is 0.268 e. The molecule has 0 saturated heterocycles. The number of nitrogens with zero attached hydrogens (tertiary/aromatic N) is 5. The topological polar surface area (TPSA) is 39.0 Å². The van der Waals surface area contributed by atoms with Gasteiger partial charge in [0.05, 0.1) is 17.5 Å². The van der Waals surface area contributed by atoms with Crippen molar-refractivity contribution < 1.29 is 4.57 Å². The highest BCUT2D eigenvalue weighted by Gasteiger charge is 2.34. The Morgan fingerprint density at radius 1 is 0.920 bits per heavy atom. The molecule has 0 bridgehead atoms. The van der Waals surface area contributed by atoms with E-state index in [4.69, 9.17) is 0 Å². The fourth-order valence-corrected chi connectivity index (χ4v) is 3.93. The van der Waals surface area contributed by atoms with Gasteiger partial charge in [-0.25, -0.2) is 4.57 Å². The number of fused-ring (bicyclic) bond motifs is 7. The van der Waals surface area contributed by atoms with Crippen molar-refractivity contribution in [1.29, 1.82) is 0 Å². The molecule has 0 aliphatic carbocycles. The van der Waals surface area contributed by atoms with E-state index in [9.17, 15) is 0 Å². The van der Waals surface area contributed by atoms with Gasteiger partial charge < -0.3 is 0 Å². The first kappa shape index (κ1) is 12.9. The molecule has 0 N–H and O–H groups in total. The number of hydrogen-bond donors (Lipinski definition) is 0. The molecule has 0 atom stereocenters. The molecule has 1 aromatic carbocycles. The summed E-state index contributed by atoms with van der Waals surface area (Å²) in [4.78, 5) is 8.90. The Bertz CT molecular complexity index is 1260. The van der Waals surface area contributed by atoms with Crippen molar-refractivity contribution in [1.82, 2.24) is 18.9 Å². The summed E-state index contributed by atoms with van der Waals surface area (Å²) in [5.74, 6) is 1.18. The fourth-order valence-electron chi connectivity index (χ4n) is 3.93. The summed E-state index contributed by atoms with van der Waals surface area (Å²) in [5, 5.41) is 0. The first-order valence-electron chi connectivity index (χ1n) is 8.31. The lowest BCUT2D eigenvalue weighted by Crippen LogP contribution is -2.30. The number of pyridine rings is 2. The van der Waals surface area contributed by atoms with Crippen molar-refractivity contribution in [3.05, 3.63) is 79.0 Å². The second-order valence-electron chi connectivity index (χ2n) is 6.31. The molecule has 6 rings (SSSR count). The highest BCUT2D eigenvalue weighted by molar-refractivity contribution is 5.85. The number of para-hydroxylation sites is 1. The molecule has 0 spiro atoms. The van der Waals surface area contributed by atoms with E-state index in [1.54, 1.807) is 0 Å². The van der Waals surface area contributed by atoms with Crippen LogP contribution in [0.1, 0.15) is 5.69 Å². The molecule has 118 valence electrons. The third-order valence-electron chi connectivity index (χ3n) is 4.94. The summed E-state index contributed by atoms with van der Waals surface area (Å²) in [6.45, 7) is 0.814. The van der Waals surface area contributed by atoms with E-state index in [0.717, 1.165) is 34.6 Å². The van der Waals surface area contributed by atoms with Crippen LogP contribution >= 0.6 is 0 Å². The maximum absolute atomic E-state index is 4.54. The van der Waals surface area contributed by atoms with Crippen molar-refractivity contribution in [2.45, 2.75) is 6.54 Å². The molecule has 0 radical (unpaired) electrons. The molecule has 1 aliphatic heterocycles. The Balaban J connectivity index is 1.81. The number of imidazole rings is 2. The summed E-state index contributed by atoms with van der Waals surface area (Å²) in [5.41, 5.74) is 6.86. The summed E-state index contributed by atoms with van der Waals surface area (Å²) >= 11 is 0. The van der Waals surface area contributed by atoms with Crippen molar-refractivity contribution in [3.8, 4) is 17.1 Å². The van der Waals surface area contributed by atoms with Gasteiger partial charge in [-0.3, -0.25) is 14.5 Å². The highest BCUT2D eigenvalue weighted by Crippen LogP contribution is 2.32. The van der Waals surface area contributed by atoms with Crippen LogP contribution in [0.15, 0.2) is 73.3 Å². The Morgan fingerprint density at radius 2 is 1.84 bits per heavy atom. The van der Waals surface area contributed by atoms with Gasteiger partial charge in [-0.2, -0.15) is 4.40 Å². The predicted molar refractivity (Wildman–Crippen MR) is 94.6 cm³/mol. The van der Waals surface area contributed by atoms with E-state index in [1.807, 2.05) is 30.7 Å². The minimum Gasteiger partial charge on any atom is -0.268 e. The van der Waals surface area contributed by atoms with E-state index in [0.29, 0.717) is 0 Å². The maximum Gasteiger partial charge on any atom is 0.298 e. The average molecular weight is 324 g/mol. The van der Waals surface area contributed by atoms with E-state index in [1.165, 1.54) is 11.4 Å². The van der Waals surface area contributed by atoms with E-state index < -0.39 is 0 Å².